The summed E-state index contributed by atoms with van der Waals surface area (Å²) in [6, 6.07) is 14.2. The zero-order valence-corrected chi connectivity index (χ0v) is 22.8. The molecular weight excluding hydrogens is 480 g/mol. The molecule has 8 nitrogen and oxygen atoms in total. The third-order valence-electron chi connectivity index (χ3n) is 7.18. The van der Waals surface area contributed by atoms with Gasteiger partial charge in [0.2, 0.25) is 11.8 Å². The number of nitrogens with zero attached hydrogens (tertiary/aromatic N) is 3. The van der Waals surface area contributed by atoms with E-state index < -0.39 is 5.97 Å². The lowest BCUT2D eigenvalue weighted by Crippen LogP contribution is -2.33. The van der Waals surface area contributed by atoms with Crippen molar-refractivity contribution in [3.05, 3.63) is 48.0 Å². The van der Waals surface area contributed by atoms with E-state index in [0.717, 1.165) is 73.3 Å². The molecule has 2 aliphatic rings. The van der Waals surface area contributed by atoms with Crippen LogP contribution in [-0.4, -0.2) is 73.5 Å². The average Bonchev–Trinajstić information content (AvgIpc) is 3.78. The zero-order chi connectivity index (χ0) is 27.2. The Morgan fingerprint density at radius 3 is 2.26 bits per heavy atom. The Labute approximate surface area is 225 Å². The highest BCUT2D eigenvalue weighted by atomic mass is 16.4. The fourth-order valence-electron chi connectivity index (χ4n) is 4.63. The first-order valence-corrected chi connectivity index (χ1v) is 13.6. The quantitative estimate of drug-likeness (QED) is 0.386. The van der Waals surface area contributed by atoms with Gasteiger partial charge >= 0.3 is 5.97 Å². The summed E-state index contributed by atoms with van der Waals surface area (Å²) in [6.45, 7) is 2.46. The van der Waals surface area contributed by atoms with Crippen LogP contribution in [0.3, 0.4) is 0 Å². The van der Waals surface area contributed by atoms with Crippen molar-refractivity contribution < 1.29 is 19.5 Å². The van der Waals surface area contributed by atoms with E-state index in [1.165, 1.54) is 0 Å². The normalized spacial score (nSPS) is 14.8. The second-order valence-corrected chi connectivity index (χ2v) is 11.0. The van der Waals surface area contributed by atoms with Gasteiger partial charge < -0.3 is 25.1 Å². The molecule has 2 saturated carbocycles. The van der Waals surface area contributed by atoms with Crippen LogP contribution < -0.4 is 10.2 Å². The summed E-state index contributed by atoms with van der Waals surface area (Å²) in [4.78, 5) is 42.7. The maximum atomic E-state index is 12.8. The van der Waals surface area contributed by atoms with Gasteiger partial charge in [-0.3, -0.25) is 14.4 Å². The first kappa shape index (κ1) is 27.6. The smallest absolute Gasteiger partial charge is 0.305 e. The summed E-state index contributed by atoms with van der Waals surface area (Å²) in [6.07, 6.45) is 4.60. The highest BCUT2D eigenvalue weighted by Crippen LogP contribution is 2.36. The molecule has 2 aromatic rings. The summed E-state index contributed by atoms with van der Waals surface area (Å²) >= 11 is 0. The number of carboxylic acids is 1. The minimum absolute atomic E-state index is 0.0341. The lowest BCUT2D eigenvalue weighted by atomic mass is 10.0. The van der Waals surface area contributed by atoms with Crippen molar-refractivity contribution in [2.45, 2.75) is 45.1 Å². The number of carbonyl (C=O) groups excluding carboxylic acids is 2. The summed E-state index contributed by atoms with van der Waals surface area (Å²) in [5.74, 6) is -0.642. The molecule has 8 heteroatoms. The molecule has 0 aliphatic heterocycles. The van der Waals surface area contributed by atoms with E-state index in [1.807, 2.05) is 24.3 Å². The summed E-state index contributed by atoms with van der Waals surface area (Å²) in [5, 5.41) is 12.3. The number of aliphatic carboxylic acids is 1. The molecule has 204 valence electrons. The molecule has 2 aliphatic carbocycles. The molecule has 38 heavy (non-hydrogen) atoms. The number of carboxylic acid groups (broad SMARTS) is 1. The molecule has 0 radical (unpaired) electrons. The number of hydrogen-bond donors (Lipinski definition) is 2. The van der Waals surface area contributed by atoms with Crippen molar-refractivity contribution in [1.82, 2.24) is 9.80 Å². The standard InChI is InChI=1S/C30H40N4O4/c1-32(2)15-5-16-33(3)27-13-12-25(19-26(27)31-29(37)22-8-9-22)24-7-4-6-21(18-24)20-34(17-14-28(35)36)30(38)23-10-11-23/h4,6-7,12-13,18-19,22-23H,5,8-11,14-17,20H2,1-3H3,(H,31,37)(H,35,36). The van der Waals surface area contributed by atoms with Crippen molar-refractivity contribution in [1.29, 1.82) is 0 Å². The molecule has 2 amide bonds. The number of hydrogen-bond acceptors (Lipinski definition) is 5. The van der Waals surface area contributed by atoms with Gasteiger partial charge in [0.1, 0.15) is 0 Å². The van der Waals surface area contributed by atoms with Gasteiger partial charge in [-0.1, -0.05) is 24.3 Å². The second kappa shape index (κ2) is 12.4. The molecule has 4 rings (SSSR count). The van der Waals surface area contributed by atoms with Gasteiger partial charge in [-0.2, -0.15) is 0 Å². The zero-order valence-electron chi connectivity index (χ0n) is 22.8. The average molecular weight is 521 g/mol. The molecule has 0 saturated heterocycles. The molecule has 2 N–H and O–H groups in total. The molecule has 0 aromatic heterocycles. The van der Waals surface area contributed by atoms with Gasteiger partial charge in [0.05, 0.1) is 17.8 Å². The van der Waals surface area contributed by atoms with Gasteiger partial charge in [0, 0.05) is 38.5 Å². The Morgan fingerprint density at radius 1 is 0.895 bits per heavy atom. The minimum Gasteiger partial charge on any atom is -0.481 e. The van der Waals surface area contributed by atoms with E-state index in [-0.39, 0.29) is 36.6 Å². The number of amides is 2. The van der Waals surface area contributed by atoms with Gasteiger partial charge in [-0.15, -0.1) is 0 Å². The Bertz CT molecular complexity index is 1160. The second-order valence-electron chi connectivity index (χ2n) is 11.0. The maximum absolute atomic E-state index is 12.8. The molecule has 0 atom stereocenters. The van der Waals surface area contributed by atoms with Crippen molar-refractivity contribution in [2.24, 2.45) is 11.8 Å². The predicted molar refractivity (Wildman–Crippen MR) is 150 cm³/mol. The summed E-state index contributed by atoms with van der Waals surface area (Å²) < 4.78 is 0. The SMILES string of the molecule is CN(C)CCCN(C)c1ccc(-c2cccc(CN(CCC(=O)O)C(=O)C3CC3)c2)cc1NC(=O)C1CC1. The van der Waals surface area contributed by atoms with Gasteiger partial charge in [-0.05, 0) is 87.6 Å². The molecule has 0 unspecified atom stereocenters. The highest BCUT2D eigenvalue weighted by molar-refractivity contribution is 5.98. The molecule has 0 spiro atoms. The predicted octanol–water partition coefficient (Wildman–Crippen LogP) is 4.30. The van der Waals surface area contributed by atoms with Crippen molar-refractivity contribution >= 4 is 29.2 Å². The first-order valence-electron chi connectivity index (χ1n) is 13.6. The first-order chi connectivity index (χ1) is 18.2. The van der Waals surface area contributed by atoms with Crippen molar-refractivity contribution in [3.8, 4) is 11.1 Å². The molecule has 2 aromatic carbocycles. The number of benzene rings is 2. The van der Waals surface area contributed by atoms with E-state index in [1.54, 1.807) is 4.90 Å². The highest BCUT2D eigenvalue weighted by Gasteiger charge is 2.33. The van der Waals surface area contributed by atoms with Crippen LogP contribution in [0.2, 0.25) is 0 Å². The Hall–Kier alpha value is -3.39. The Balaban J connectivity index is 1.55. The summed E-state index contributed by atoms with van der Waals surface area (Å²) in [5.41, 5.74) is 4.73. The Kier molecular flexibility index (Phi) is 9.05. The van der Waals surface area contributed by atoms with E-state index >= 15 is 0 Å². The monoisotopic (exact) mass is 520 g/mol. The largest absolute Gasteiger partial charge is 0.481 e. The van der Waals surface area contributed by atoms with E-state index in [0.29, 0.717) is 6.54 Å². The molecule has 0 bridgehead atoms. The topological polar surface area (TPSA) is 93.2 Å². The number of rotatable bonds is 14. The van der Waals surface area contributed by atoms with Gasteiger partial charge in [-0.25, -0.2) is 0 Å². The maximum Gasteiger partial charge on any atom is 0.305 e. The summed E-state index contributed by atoms with van der Waals surface area (Å²) in [7, 11) is 6.19. The third kappa shape index (κ3) is 7.81. The van der Waals surface area contributed by atoms with Crippen LogP contribution in [-0.2, 0) is 20.9 Å². The van der Waals surface area contributed by atoms with Crippen LogP contribution in [0.25, 0.3) is 11.1 Å². The van der Waals surface area contributed by atoms with Gasteiger partial charge in [0.25, 0.3) is 0 Å². The van der Waals surface area contributed by atoms with E-state index in [9.17, 15) is 14.4 Å². The van der Waals surface area contributed by atoms with Crippen LogP contribution in [0.4, 0.5) is 11.4 Å². The fourth-order valence-corrected chi connectivity index (χ4v) is 4.63. The van der Waals surface area contributed by atoms with Crippen LogP contribution in [0.1, 0.15) is 44.1 Å². The van der Waals surface area contributed by atoms with E-state index in [4.69, 9.17) is 5.11 Å². The lowest BCUT2D eigenvalue weighted by molar-refractivity contribution is -0.139. The van der Waals surface area contributed by atoms with Crippen molar-refractivity contribution in [2.75, 3.05) is 51.0 Å². The lowest BCUT2D eigenvalue weighted by Gasteiger charge is -2.24. The molecule has 2 fully saturated rings. The van der Waals surface area contributed by atoms with Crippen LogP contribution in [0.15, 0.2) is 42.5 Å². The number of anilines is 2. The molecular formula is C30H40N4O4. The van der Waals surface area contributed by atoms with Crippen LogP contribution in [0, 0.1) is 11.8 Å². The van der Waals surface area contributed by atoms with Crippen molar-refractivity contribution in [3.63, 3.8) is 0 Å². The number of carbonyl (C=O) groups is 3. The number of nitrogens with one attached hydrogen (secondary N) is 1. The van der Waals surface area contributed by atoms with Gasteiger partial charge in [0.15, 0.2) is 0 Å². The van der Waals surface area contributed by atoms with Crippen LogP contribution >= 0.6 is 0 Å². The minimum atomic E-state index is -0.903. The third-order valence-corrected chi connectivity index (χ3v) is 7.18. The Morgan fingerprint density at radius 2 is 1.61 bits per heavy atom. The van der Waals surface area contributed by atoms with Crippen LogP contribution in [0.5, 0.6) is 0 Å². The van der Waals surface area contributed by atoms with E-state index in [2.05, 4.69) is 54.5 Å². The molecule has 0 heterocycles. The fraction of sp³-hybridized carbons (Fsp3) is 0.500.